The maximum Gasteiger partial charge on any atom is 0.153 e. The van der Waals surface area contributed by atoms with Crippen molar-refractivity contribution in [1.82, 2.24) is 39.8 Å². The molecule has 4 saturated heterocycles. The zero-order valence-electron chi connectivity index (χ0n) is 44.0. The average molecular weight is 1030 g/mol. The number of aliphatic hydroxyl groups excluding tert-OH is 1. The molecule has 7 unspecified atom stereocenters. The van der Waals surface area contributed by atoms with Crippen molar-refractivity contribution in [2.75, 3.05) is 55.1 Å². The molecule has 5 aliphatic rings. The van der Waals surface area contributed by atoms with Gasteiger partial charge in [0.15, 0.2) is 5.78 Å². The molecule has 5 fully saturated rings. The molecule has 0 amide bonds. The van der Waals surface area contributed by atoms with E-state index in [0.717, 1.165) is 66.4 Å². The maximum atomic E-state index is 17.6. The Balaban J connectivity index is 1.11. The van der Waals surface area contributed by atoms with Crippen LogP contribution in [-0.2, 0) is 42.5 Å². The van der Waals surface area contributed by atoms with E-state index < -0.39 is 10.8 Å². The van der Waals surface area contributed by atoms with E-state index >= 15 is 4.79 Å². The summed E-state index contributed by atoms with van der Waals surface area (Å²) in [5.41, 5.74) is 3.89. The van der Waals surface area contributed by atoms with Crippen molar-refractivity contribution in [1.29, 1.82) is 0 Å². The summed E-state index contributed by atoms with van der Waals surface area (Å²) in [5.74, 6) is 2.89. The molecule has 73 heavy (non-hydrogen) atoms. The molecule has 1 aromatic heterocycles. The van der Waals surface area contributed by atoms with Gasteiger partial charge in [0.1, 0.15) is 17.3 Å². The van der Waals surface area contributed by atoms with Gasteiger partial charge in [-0.2, -0.15) is 0 Å². The molecule has 1 spiro atoms. The van der Waals surface area contributed by atoms with Gasteiger partial charge in [-0.25, -0.2) is 4.98 Å². The summed E-state index contributed by atoms with van der Waals surface area (Å²) in [6.07, 6.45) is 6.39. The Labute approximate surface area is 443 Å². The smallest absolute Gasteiger partial charge is 0.153 e. The number of likely N-dealkylation sites (tertiary alicyclic amines) is 2. The number of aliphatic hydroxyl groups is 1. The summed E-state index contributed by atoms with van der Waals surface area (Å²) >= 11 is 13.3. The fraction of sp³-hybridized carbons (Fsp3) is 0.525. The van der Waals surface area contributed by atoms with Gasteiger partial charge in [-0.15, -0.1) is 0 Å². The van der Waals surface area contributed by atoms with E-state index in [1.165, 1.54) is 11.1 Å². The normalized spacial score (nSPS) is 31.5. The SMILES string of the molecule is CCC12C(=O)C34C5C[C@H](Cc6ccc(Cl)cc6)N(C)C3[C@@H](COC)NC4[C@H](CCO)N(Cc3ccc(Cl)cc3Oc3ccc(-c4cnc(CN(C)C)n4C)cc3)C1C[C@@H](Cc1ccccc1)C2N(C)[C@@H](C)CN5. The first-order valence-corrected chi connectivity index (χ1v) is 27.3. The summed E-state index contributed by atoms with van der Waals surface area (Å²) < 4.78 is 15.2. The number of carbonyl (C=O) groups is 1. The number of imidazole rings is 1. The Kier molecular flexibility index (Phi) is 15.4. The summed E-state index contributed by atoms with van der Waals surface area (Å²) in [6.45, 7) is 7.03. The molecule has 10 rings (SSSR count). The average Bonchev–Trinajstić information content (AvgIpc) is 4.02. The van der Waals surface area contributed by atoms with Crippen LogP contribution in [-0.4, -0.2) is 149 Å². The van der Waals surface area contributed by atoms with Gasteiger partial charge in [0.2, 0.25) is 0 Å². The number of halogens is 2. The van der Waals surface area contributed by atoms with E-state index in [0.29, 0.717) is 48.3 Å². The summed E-state index contributed by atoms with van der Waals surface area (Å²) in [6, 6.07) is 32.3. The van der Waals surface area contributed by atoms with Crippen molar-refractivity contribution >= 4 is 29.0 Å². The zero-order valence-corrected chi connectivity index (χ0v) is 45.5. The maximum absolute atomic E-state index is 17.6. The molecular weight excluding hydrogens is 956 g/mol. The minimum atomic E-state index is -0.885. The summed E-state index contributed by atoms with van der Waals surface area (Å²) in [7, 11) is 12.5. The Morgan fingerprint density at radius 3 is 2.32 bits per heavy atom. The lowest BCUT2D eigenvalue weighted by molar-refractivity contribution is -0.154. The third kappa shape index (κ3) is 9.29. The molecule has 3 N–H and O–H groups in total. The van der Waals surface area contributed by atoms with Gasteiger partial charge in [0, 0.05) is 109 Å². The minimum absolute atomic E-state index is 0.0281. The van der Waals surface area contributed by atoms with Crippen LogP contribution in [0.2, 0.25) is 10.0 Å². The van der Waals surface area contributed by atoms with Crippen molar-refractivity contribution in [3.05, 3.63) is 136 Å². The first kappa shape index (κ1) is 52.3. The Bertz CT molecular complexity index is 2710. The fourth-order valence-electron chi connectivity index (χ4n) is 15.0. The number of aromatic nitrogens is 2. The minimum Gasteiger partial charge on any atom is -0.457 e. The van der Waals surface area contributed by atoms with E-state index in [1.54, 1.807) is 7.11 Å². The van der Waals surface area contributed by atoms with Gasteiger partial charge < -0.3 is 34.7 Å². The van der Waals surface area contributed by atoms with Crippen molar-refractivity contribution in [2.45, 2.75) is 120 Å². The highest BCUT2D eigenvalue weighted by molar-refractivity contribution is 6.31. The number of hydrogen-bond donors (Lipinski definition) is 3. The summed E-state index contributed by atoms with van der Waals surface area (Å²) in [5, 5.41) is 21.2. The van der Waals surface area contributed by atoms with Crippen LogP contribution in [0.15, 0.2) is 103 Å². The molecule has 2 bridgehead atoms. The second-order valence-electron chi connectivity index (χ2n) is 22.3. The van der Waals surface area contributed by atoms with Gasteiger partial charge in [-0.1, -0.05) is 78.7 Å². The van der Waals surface area contributed by atoms with Crippen LogP contribution in [0.5, 0.6) is 11.5 Å². The Morgan fingerprint density at radius 2 is 1.62 bits per heavy atom. The molecule has 0 radical (unpaired) electrons. The molecule has 5 aromatic rings. The first-order valence-electron chi connectivity index (χ1n) is 26.6. The molecule has 1 aliphatic carbocycles. The van der Waals surface area contributed by atoms with Crippen molar-refractivity contribution < 1.29 is 19.4 Å². The number of ketones is 1. The topological polar surface area (TPSA) is 111 Å². The number of piperidine rings is 1. The van der Waals surface area contributed by atoms with Crippen molar-refractivity contribution in [2.24, 2.45) is 23.8 Å². The predicted octanol–water partition coefficient (Wildman–Crippen LogP) is 8.36. The molecular formula is C59H76Cl2N8O4. The monoisotopic (exact) mass is 1030 g/mol. The lowest BCUT2D eigenvalue weighted by atomic mass is 9.54. The van der Waals surface area contributed by atoms with E-state index in [-0.39, 0.29) is 66.9 Å². The van der Waals surface area contributed by atoms with Crippen LogP contribution in [0, 0.1) is 16.7 Å². The van der Waals surface area contributed by atoms with Crippen molar-refractivity contribution in [3.8, 4) is 22.8 Å². The van der Waals surface area contributed by atoms with Crippen LogP contribution >= 0.6 is 23.2 Å². The second kappa shape index (κ2) is 21.4. The predicted molar refractivity (Wildman–Crippen MR) is 291 cm³/mol. The van der Waals surface area contributed by atoms with E-state index in [1.807, 2.05) is 56.7 Å². The van der Waals surface area contributed by atoms with E-state index in [4.69, 9.17) is 37.7 Å². The molecule has 390 valence electrons. The number of nitrogens with one attached hydrogen (secondary N) is 2. The van der Waals surface area contributed by atoms with Gasteiger partial charge >= 0.3 is 0 Å². The highest BCUT2D eigenvalue weighted by Gasteiger charge is 2.77. The van der Waals surface area contributed by atoms with Crippen LogP contribution in [0.3, 0.4) is 0 Å². The number of benzene rings is 4. The van der Waals surface area contributed by atoms with Gasteiger partial charge in [-0.05, 0) is 139 Å². The number of nitrogens with zero attached hydrogens (tertiary/aromatic N) is 6. The van der Waals surface area contributed by atoms with Crippen LogP contribution in [0.4, 0.5) is 0 Å². The van der Waals surface area contributed by atoms with Gasteiger partial charge in [0.25, 0.3) is 0 Å². The molecule has 5 heterocycles. The van der Waals surface area contributed by atoms with Crippen molar-refractivity contribution in [3.63, 3.8) is 0 Å². The molecule has 4 aliphatic heterocycles. The molecule has 14 heteroatoms. The third-order valence-electron chi connectivity index (χ3n) is 18.2. The van der Waals surface area contributed by atoms with Crippen LogP contribution in [0.1, 0.15) is 62.0 Å². The number of ether oxygens (including phenoxy) is 2. The molecule has 12 atom stereocenters. The second-order valence-corrected chi connectivity index (χ2v) is 23.2. The molecule has 4 aromatic carbocycles. The number of carbonyl (C=O) groups excluding carboxylic acids is 1. The van der Waals surface area contributed by atoms with Crippen LogP contribution < -0.4 is 15.4 Å². The standard InChI is InChI=1S/C59H76Cl2N8O4/c1-9-58-52-29-42(27-38-13-11-10-12-14-38)55(58)66(5)37(2)32-62-51-31-45(28-39-15-20-43(60)21-16-39)67(6)56-47(36-72-8)64-54(59(51,56)57(58)71)48(25-26-70)69(52)34-41-17-22-44(61)30-50(41)73-46-23-18-40(19-24-46)49-33-63-53(68(49)7)35-65(3)4/h10-24,30,33,37,42,45,47-48,51-52,54-56,62,64,70H,9,25-29,31-32,34-36H2,1-8H3/t37-,42+,45-,47+,48-,51?,52?,54?,55?,56?,58?,59?/m0/s1. The highest BCUT2D eigenvalue weighted by Crippen LogP contribution is 2.63. The van der Waals surface area contributed by atoms with Crippen LogP contribution in [0.25, 0.3) is 11.3 Å². The number of rotatable bonds is 16. The highest BCUT2D eigenvalue weighted by atomic mass is 35.5. The lowest BCUT2D eigenvalue weighted by Crippen LogP contribution is -2.73. The largest absolute Gasteiger partial charge is 0.457 e. The number of likely N-dealkylation sites (N-methyl/N-ethyl adjacent to an activating group) is 2. The fourth-order valence-corrected chi connectivity index (χ4v) is 15.3. The Morgan fingerprint density at radius 1 is 0.890 bits per heavy atom. The van der Waals surface area contributed by atoms with E-state index in [9.17, 15) is 5.11 Å². The lowest BCUT2D eigenvalue weighted by Gasteiger charge is -2.57. The third-order valence-corrected chi connectivity index (χ3v) is 18.7. The number of Topliss-reactive ketones (excluding diaryl/α,β-unsaturated/α-hetero) is 1. The zero-order chi connectivity index (χ0) is 51.3. The molecule has 12 nitrogen and oxygen atoms in total. The Hall–Kier alpha value is -4.18. The first-order chi connectivity index (χ1) is 35.2. The van der Waals surface area contributed by atoms with Gasteiger partial charge in [0.05, 0.1) is 35.9 Å². The number of hydrogen-bond acceptors (Lipinski definition) is 11. The van der Waals surface area contributed by atoms with E-state index in [2.05, 4.69) is 130 Å². The molecule has 1 saturated carbocycles. The quantitative estimate of drug-likeness (QED) is 0.0888. The van der Waals surface area contributed by atoms with Gasteiger partial charge in [-0.3, -0.25) is 19.5 Å². The summed E-state index contributed by atoms with van der Waals surface area (Å²) in [4.78, 5) is 32.2. The number of methoxy groups -OCH3 is 1.